The lowest BCUT2D eigenvalue weighted by Crippen LogP contribution is -2.27. The topological polar surface area (TPSA) is 21.7 Å². The highest BCUT2D eigenvalue weighted by Gasteiger charge is 2.09. The fourth-order valence-corrected chi connectivity index (χ4v) is 1.42. The van der Waals surface area contributed by atoms with Crippen LogP contribution in [0.25, 0.3) is 5.69 Å². The van der Waals surface area contributed by atoms with Gasteiger partial charge >= 0.3 is 0 Å². The van der Waals surface area contributed by atoms with Gasteiger partial charge in [-0.05, 0) is 32.9 Å². The van der Waals surface area contributed by atoms with Crippen molar-refractivity contribution in [3.63, 3.8) is 0 Å². The Balaban J connectivity index is 2.33. The first kappa shape index (κ1) is 9.90. The monoisotopic (exact) mass is 202 g/mol. The van der Waals surface area contributed by atoms with Gasteiger partial charge in [-0.25, -0.2) is 4.57 Å². The molecule has 0 atom stereocenters. The van der Waals surface area contributed by atoms with Crippen LogP contribution in [0, 0.1) is 6.92 Å². The fraction of sp³-hybridized carbons (Fsp3) is 0.333. The molecule has 0 aliphatic carbocycles. The first-order valence-corrected chi connectivity index (χ1v) is 5.19. The summed E-state index contributed by atoms with van der Waals surface area (Å²) in [7, 11) is 0. The summed E-state index contributed by atoms with van der Waals surface area (Å²) in [6, 6.07) is 8.81. The summed E-state index contributed by atoms with van der Waals surface area (Å²) in [5.41, 5.74) is 2.42. The molecule has 0 saturated carbocycles. The predicted octanol–water partition coefficient (Wildman–Crippen LogP) is 2.05. The first-order chi connectivity index (χ1) is 7.16. The van der Waals surface area contributed by atoms with Gasteiger partial charge in [0.05, 0.1) is 0 Å². The molecular weight excluding hydrogens is 186 g/mol. The molecule has 0 N–H and O–H groups in total. The van der Waals surface area contributed by atoms with Gasteiger partial charge in [-0.2, -0.15) is 0 Å². The second kappa shape index (κ2) is 3.85. The molecular formula is C12H16N3+. The molecule has 78 valence electrons. The summed E-state index contributed by atoms with van der Waals surface area (Å²) >= 11 is 0. The minimum absolute atomic E-state index is 0.400. The third-order valence-electron chi connectivity index (χ3n) is 2.41. The van der Waals surface area contributed by atoms with Crippen LogP contribution in [0.4, 0.5) is 0 Å². The Hall–Kier alpha value is -1.64. The van der Waals surface area contributed by atoms with E-state index in [1.54, 1.807) is 0 Å². The summed E-state index contributed by atoms with van der Waals surface area (Å²) in [4.78, 5) is 0. The second-order valence-electron chi connectivity index (χ2n) is 4.06. The first-order valence-electron chi connectivity index (χ1n) is 5.19. The van der Waals surface area contributed by atoms with Gasteiger partial charge in [-0.15, -0.1) is 4.68 Å². The van der Waals surface area contributed by atoms with Gasteiger partial charge in [0, 0.05) is 5.10 Å². The Morgan fingerprint density at radius 2 is 1.87 bits per heavy atom. The predicted molar refractivity (Wildman–Crippen MR) is 58.9 cm³/mol. The molecule has 3 nitrogen and oxygen atoms in total. The van der Waals surface area contributed by atoms with Gasteiger partial charge in [-0.1, -0.05) is 17.7 Å². The zero-order chi connectivity index (χ0) is 10.8. The average molecular weight is 202 g/mol. The molecule has 1 aromatic carbocycles. The van der Waals surface area contributed by atoms with E-state index in [0.717, 1.165) is 5.69 Å². The van der Waals surface area contributed by atoms with Gasteiger partial charge in [-0.3, -0.25) is 0 Å². The largest absolute Gasteiger partial charge is 0.270 e. The second-order valence-corrected chi connectivity index (χ2v) is 4.06. The van der Waals surface area contributed by atoms with E-state index < -0.39 is 0 Å². The maximum absolute atomic E-state index is 4.29. The summed E-state index contributed by atoms with van der Waals surface area (Å²) in [6.45, 7) is 6.32. The fourth-order valence-electron chi connectivity index (χ4n) is 1.42. The van der Waals surface area contributed by atoms with Gasteiger partial charge in [0.1, 0.15) is 11.7 Å². The van der Waals surface area contributed by atoms with Gasteiger partial charge in [0.15, 0.2) is 0 Å². The van der Waals surface area contributed by atoms with E-state index in [-0.39, 0.29) is 0 Å². The van der Waals surface area contributed by atoms with Crippen molar-refractivity contribution in [1.29, 1.82) is 0 Å². The highest BCUT2D eigenvalue weighted by molar-refractivity contribution is 5.26. The summed E-state index contributed by atoms with van der Waals surface area (Å²) in [5.74, 6) is 0. The molecule has 0 bridgehead atoms. The third kappa shape index (κ3) is 2.06. The Bertz CT molecular complexity index is 440. The zero-order valence-corrected chi connectivity index (χ0v) is 9.38. The van der Waals surface area contributed by atoms with Crippen molar-refractivity contribution in [3.8, 4) is 5.69 Å². The summed E-state index contributed by atoms with van der Waals surface area (Å²) < 4.78 is 3.97. The SMILES string of the molecule is Cc1ccc(-[n+]2cnn(C(C)C)c2)cc1. The lowest BCUT2D eigenvalue weighted by Gasteiger charge is -1.97. The van der Waals surface area contributed by atoms with E-state index in [1.807, 2.05) is 21.9 Å². The van der Waals surface area contributed by atoms with E-state index >= 15 is 0 Å². The third-order valence-corrected chi connectivity index (χ3v) is 2.41. The number of hydrogen-bond acceptors (Lipinski definition) is 1. The van der Waals surface area contributed by atoms with E-state index in [1.165, 1.54) is 5.56 Å². The van der Waals surface area contributed by atoms with Gasteiger partial charge in [0.2, 0.25) is 6.33 Å². The highest BCUT2D eigenvalue weighted by Crippen LogP contribution is 2.03. The van der Waals surface area contributed by atoms with Crippen molar-refractivity contribution in [2.45, 2.75) is 26.8 Å². The molecule has 0 spiro atoms. The molecule has 15 heavy (non-hydrogen) atoms. The van der Waals surface area contributed by atoms with Crippen LogP contribution in [0.15, 0.2) is 36.9 Å². The summed E-state index contributed by atoms with van der Waals surface area (Å²) in [5, 5.41) is 4.29. The molecule has 3 heteroatoms. The lowest BCUT2D eigenvalue weighted by atomic mass is 10.2. The minimum atomic E-state index is 0.400. The zero-order valence-electron chi connectivity index (χ0n) is 9.38. The molecule has 0 fully saturated rings. The maximum atomic E-state index is 4.29. The van der Waals surface area contributed by atoms with Crippen molar-refractivity contribution in [3.05, 3.63) is 42.5 Å². The van der Waals surface area contributed by atoms with Crippen molar-refractivity contribution in [1.82, 2.24) is 9.78 Å². The number of nitrogens with zero attached hydrogens (tertiary/aromatic N) is 3. The van der Waals surface area contributed by atoms with Crippen LogP contribution >= 0.6 is 0 Å². The van der Waals surface area contributed by atoms with Crippen molar-refractivity contribution < 1.29 is 4.57 Å². The van der Waals surface area contributed by atoms with Crippen LogP contribution < -0.4 is 4.57 Å². The number of aromatic nitrogens is 3. The molecule has 2 aromatic rings. The number of aryl methyl sites for hydroxylation is 1. The summed E-state index contributed by atoms with van der Waals surface area (Å²) in [6.07, 6.45) is 3.85. The van der Waals surface area contributed by atoms with Gasteiger partial charge < -0.3 is 0 Å². The van der Waals surface area contributed by atoms with Crippen LogP contribution in [-0.2, 0) is 0 Å². The molecule has 0 radical (unpaired) electrons. The standard InChI is InChI=1S/C12H16N3/c1-10(2)15-9-14(8-13-15)12-6-4-11(3)5-7-12/h4-10H,1-3H3/q+1. The van der Waals surface area contributed by atoms with Crippen LogP contribution in [-0.4, -0.2) is 9.78 Å². The van der Waals surface area contributed by atoms with E-state index in [9.17, 15) is 0 Å². The smallest absolute Gasteiger partial charge is 0.203 e. The highest BCUT2D eigenvalue weighted by atomic mass is 15.4. The van der Waals surface area contributed by atoms with Crippen molar-refractivity contribution >= 4 is 0 Å². The molecule has 0 unspecified atom stereocenters. The van der Waals surface area contributed by atoms with Crippen LogP contribution in [0.5, 0.6) is 0 Å². The quantitative estimate of drug-likeness (QED) is 0.683. The van der Waals surface area contributed by atoms with Crippen LogP contribution in [0.2, 0.25) is 0 Å². The van der Waals surface area contributed by atoms with E-state index in [0.29, 0.717) is 6.04 Å². The number of hydrogen-bond donors (Lipinski definition) is 0. The Labute approximate surface area is 90.0 Å². The number of rotatable bonds is 2. The van der Waals surface area contributed by atoms with Gasteiger partial charge in [0.25, 0.3) is 6.33 Å². The molecule has 0 saturated heterocycles. The normalized spacial score (nSPS) is 10.9. The molecule has 0 aliphatic rings. The van der Waals surface area contributed by atoms with Crippen molar-refractivity contribution in [2.75, 3.05) is 0 Å². The Morgan fingerprint density at radius 1 is 1.20 bits per heavy atom. The van der Waals surface area contributed by atoms with Crippen LogP contribution in [0.1, 0.15) is 25.5 Å². The minimum Gasteiger partial charge on any atom is -0.203 e. The van der Waals surface area contributed by atoms with E-state index in [2.05, 4.69) is 50.1 Å². The maximum Gasteiger partial charge on any atom is 0.270 e. The Morgan fingerprint density at radius 3 is 2.40 bits per heavy atom. The average Bonchev–Trinajstić information content (AvgIpc) is 2.68. The number of benzene rings is 1. The molecule has 0 amide bonds. The molecule has 1 heterocycles. The van der Waals surface area contributed by atoms with Crippen LogP contribution in [0.3, 0.4) is 0 Å². The van der Waals surface area contributed by atoms with Crippen molar-refractivity contribution in [2.24, 2.45) is 0 Å². The molecule has 0 aliphatic heterocycles. The molecule has 1 aromatic heterocycles. The van der Waals surface area contributed by atoms with E-state index in [4.69, 9.17) is 0 Å². The lowest BCUT2D eigenvalue weighted by molar-refractivity contribution is -0.596. The molecule has 2 rings (SSSR count). The Kier molecular flexibility index (Phi) is 2.54.